The van der Waals surface area contributed by atoms with Gasteiger partial charge in [-0.3, -0.25) is 9.69 Å². The lowest BCUT2D eigenvalue weighted by atomic mass is 10.1. The lowest BCUT2D eigenvalue weighted by molar-refractivity contribution is 0.0859. The summed E-state index contributed by atoms with van der Waals surface area (Å²) in [4.78, 5) is 17.0. The third-order valence-corrected chi connectivity index (χ3v) is 3.83. The van der Waals surface area contributed by atoms with Gasteiger partial charge in [0.05, 0.1) is 12.6 Å². The van der Waals surface area contributed by atoms with Crippen LogP contribution in [-0.4, -0.2) is 61.0 Å². The van der Waals surface area contributed by atoms with Crippen molar-refractivity contribution in [3.05, 3.63) is 29.8 Å². The first-order valence-corrected chi connectivity index (χ1v) is 7.83. The fourth-order valence-electron chi connectivity index (χ4n) is 2.55. The Hall–Kier alpha value is -1.39. The molecule has 1 aliphatic rings. The van der Waals surface area contributed by atoms with E-state index in [1.807, 2.05) is 38.1 Å². The van der Waals surface area contributed by atoms with Crippen LogP contribution in [0.15, 0.2) is 24.3 Å². The number of nitrogens with zero attached hydrogens (tertiary/aromatic N) is 2. The highest BCUT2D eigenvalue weighted by Crippen LogP contribution is 2.14. The number of carbonyl (C=O) groups is 1. The van der Waals surface area contributed by atoms with Gasteiger partial charge in [0.25, 0.3) is 0 Å². The van der Waals surface area contributed by atoms with Gasteiger partial charge in [-0.15, -0.1) is 0 Å². The summed E-state index contributed by atoms with van der Waals surface area (Å²) >= 11 is 0. The van der Waals surface area contributed by atoms with Crippen LogP contribution < -0.4 is 4.74 Å². The molecule has 1 fully saturated rings. The maximum absolute atomic E-state index is 12.3. The molecular formula is C17H26N2O2. The van der Waals surface area contributed by atoms with E-state index in [0.717, 1.165) is 44.0 Å². The number of piperazine rings is 1. The van der Waals surface area contributed by atoms with E-state index in [1.54, 1.807) is 0 Å². The second-order valence-electron chi connectivity index (χ2n) is 5.82. The zero-order valence-electron chi connectivity index (χ0n) is 13.3. The van der Waals surface area contributed by atoms with Crippen molar-refractivity contribution in [1.29, 1.82) is 0 Å². The van der Waals surface area contributed by atoms with Gasteiger partial charge in [-0.2, -0.15) is 0 Å². The average Bonchev–Trinajstić information content (AvgIpc) is 2.48. The molecule has 1 aromatic carbocycles. The quantitative estimate of drug-likeness (QED) is 0.753. The number of hydrogen-bond donors (Lipinski definition) is 0. The van der Waals surface area contributed by atoms with Crippen molar-refractivity contribution in [2.75, 3.05) is 39.3 Å². The zero-order chi connectivity index (χ0) is 15.2. The van der Waals surface area contributed by atoms with E-state index in [-0.39, 0.29) is 11.9 Å². The number of ether oxygens (including phenoxy) is 1. The molecule has 1 aliphatic heterocycles. The number of Topliss-reactive ketones (excluding diaryl/α,β-unsaturated/α-hetero) is 1. The lowest BCUT2D eigenvalue weighted by Gasteiger charge is -2.33. The van der Waals surface area contributed by atoms with Gasteiger partial charge in [-0.05, 0) is 44.7 Å². The van der Waals surface area contributed by atoms with Gasteiger partial charge in [0.15, 0.2) is 5.78 Å². The second kappa shape index (κ2) is 7.57. The zero-order valence-corrected chi connectivity index (χ0v) is 13.3. The molecule has 0 saturated carbocycles. The monoisotopic (exact) mass is 290 g/mol. The number of carbonyl (C=O) groups excluding carboxylic acids is 1. The number of benzene rings is 1. The number of hydrogen-bond acceptors (Lipinski definition) is 4. The Morgan fingerprint density at radius 1 is 1.10 bits per heavy atom. The van der Waals surface area contributed by atoms with Gasteiger partial charge < -0.3 is 9.64 Å². The Labute approximate surface area is 127 Å². The molecule has 2 rings (SSSR count). The summed E-state index contributed by atoms with van der Waals surface area (Å²) in [5.74, 6) is 1.01. The van der Waals surface area contributed by atoms with Gasteiger partial charge >= 0.3 is 0 Å². The van der Waals surface area contributed by atoms with Gasteiger partial charge in [-0.1, -0.05) is 6.92 Å². The molecule has 0 aromatic heterocycles. The number of likely N-dealkylation sites (N-methyl/N-ethyl adjacent to an activating group) is 1. The third-order valence-electron chi connectivity index (χ3n) is 3.83. The summed E-state index contributed by atoms with van der Waals surface area (Å²) in [5, 5.41) is 0. The molecule has 4 heteroatoms. The minimum Gasteiger partial charge on any atom is -0.491 e. The van der Waals surface area contributed by atoms with E-state index in [0.29, 0.717) is 6.54 Å². The molecule has 4 nitrogen and oxygen atoms in total. The maximum atomic E-state index is 12.3. The summed E-state index contributed by atoms with van der Waals surface area (Å²) in [7, 11) is 0. The summed E-state index contributed by atoms with van der Waals surface area (Å²) in [6, 6.07) is 7.48. The minimum absolute atomic E-state index is 0.154. The van der Waals surface area contributed by atoms with E-state index in [4.69, 9.17) is 4.74 Å². The molecule has 116 valence electrons. The molecule has 0 N–H and O–H groups in total. The summed E-state index contributed by atoms with van der Waals surface area (Å²) in [6.07, 6.45) is 0.154. The molecule has 0 radical (unpaired) electrons. The molecule has 0 atom stereocenters. The molecule has 0 spiro atoms. The molecule has 1 aromatic rings. The summed E-state index contributed by atoms with van der Waals surface area (Å²) in [6.45, 7) is 11.9. The van der Waals surface area contributed by atoms with Gasteiger partial charge in [-0.25, -0.2) is 0 Å². The smallest absolute Gasteiger partial charge is 0.176 e. The van der Waals surface area contributed by atoms with Gasteiger partial charge in [0.2, 0.25) is 0 Å². The van der Waals surface area contributed by atoms with Crippen molar-refractivity contribution in [2.24, 2.45) is 0 Å². The van der Waals surface area contributed by atoms with E-state index in [2.05, 4.69) is 16.7 Å². The summed E-state index contributed by atoms with van der Waals surface area (Å²) < 4.78 is 5.60. The first-order valence-electron chi connectivity index (χ1n) is 7.83. The first-order chi connectivity index (χ1) is 10.1. The molecule has 21 heavy (non-hydrogen) atoms. The van der Waals surface area contributed by atoms with E-state index in [9.17, 15) is 4.79 Å². The second-order valence-corrected chi connectivity index (χ2v) is 5.82. The Kier molecular flexibility index (Phi) is 5.76. The Morgan fingerprint density at radius 2 is 1.67 bits per heavy atom. The predicted molar refractivity (Wildman–Crippen MR) is 85.1 cm³/mol. The maximum Gasteiger partial charge on any atom is 0.176 e. The van der Waals surface area contributed by atoms with Gasteiger partial charge in [0, 0.05) is 31.7 Å². The fraction of sp³-hybridized carbons (Fsp3) is 0.588. The summed E-state index contributed by atoms with van der Waals surface area (Å²) in [5.41, 5.74) is 0.768. The highest BCUT2D eigenvalue weighted by molar-refractivity contribution is 5.97. The molecular weight excluding hydrogens is 264 g/mol. The third kappa shape index (κ3) is 4.83. The molecule has 0 aliphatic carbocycles. The fourth-order valence-corrected chi connectivity index (χ4v) is 2.55. The topological polar surface area (TPSA) is 32.8 Å². The standard InChI is InChI=1S/C17H26N2O2/c1-4-18-9-11-19(12-10-18)13-17(20)15-5-7-16(8-6-15)21-14(2)3/h5-8,14H,4,9-13H2,1-3H3. The van der Waals surface area contributed by atoms with Crippen molar-refractivity contribution in [1.82, 2.24) is 9.80 Å². The van der Waals surface area contributed by atoms with E-state index >= 15 is 0 Å². The normalized spacial score (nSPS) is 17.1. The van der Waals surface area contributed by atoms with Crippen LogP contribution >= 0.6 is 0 Å². The van der Waals surface area contributed by atoms with E-state index < -0.39 is 0 Å². The van der Waals surface area contributed by atoms with Crippen LogP contribution in [0.5, 0.6) is 5.75 Å². The van der Waals surface area contributed by atoms with Crippen LogP contribution in [0, 0.1) is 0 Å². The highest BCUT2D eigenvalue weighted by atomic mass is 16.5. The van der Waals surface area contributed by atoms with Gasteiger partial charge in [0.1, 0.15) is 5.75 Å². The first kappa shape index (κ1) is 16.0. The SMILES string of the molecule is CCN1CCN(CC(=O)c2ccc(OC(C)C)cc2)CC1. The Bertz CT molecular complexity index is 448. The van der Waals surface area contributed by atoms with Crippen molar-refractivity contribution >= 4 is 5.78 Å². The largest absolute Gasteiger partial charge is 0.491 e. The van der Waals surface area contributed by atoms with Crippen LogP contribution in [0.25, 0.3) is 0 Å². The molecule has 1 saturated heterocycles. The number of rotatable bonds is 6. The predicted octanol–water partition coefficient (Wildman–Crippen LogP) is 2.29. The van der Waals surface area contributed by atoms with E-state index in [1.165, 1.54) is 0 Å². The van der Waals surface area contributed by atoms with Crippen LogP contribution in [0.3, 0.4) is 0 Å². The van der Waals surface area contributed by atoms with Crippen LogP contribution in [0.4, 0.5) is 0 Å². The van der Waals surface area contributed by atoms with Crippen molar-refractivity contribution < 1.29 is 9.53 Å². The van der Waals surface area contributed by atoms with Crippen molar-refractivity contribution in [3.8, 4) is 5.75 Å². The average molecular weight is 290 g/mol. The molecule has 0 unspecified atom stereocenters. The van der Waals surface area contributed by atoms with Crippen molar-refractivity contribution in [3.63, 3.8) is 0 Å². The van der Waals surface area contributed by atoms with Crippen LogP contribution in [0.1, 0.15) is 31.1 Å². The molecule has 1 heterocycles. The lowest BCUT2D eigenvalue weighted by Crippen LogP contribution is -2.47. The molecule has 0 bridgehead atoms. The highest BCUT2D eigenvalue weighted by Gasteiger charge is 2.18. The van der Waals surface area contributed by atoms with Crippen LogP contribution in [-0.2, 0) is 0 Å². The van der Waals surface area contributed by atoms with Crippen molar-refractivity contribution in [2.45, 2.75) is 26.9 Å². The Morgan fingerprint density at radius 3 is 2.19 bits per heavy atom. The minimum atomic E-state index is 0.154. The number of ketones is 1. The Balaban J connectivity index is 1.86. The molecule has 0 amide bonds. The van der Waals surface area contributed by atoms with Crippen LogP contribution in [0.2, 0.25) is 0 Å².